The molecule has 4 aromatic rings. The minimum Gasteiger partial charge on any atom is -0.497 e. The Hall–Kier alpha value is -5.02. The highest BCUT2D eigenvalue weighted by atomic mass is 16.5. The topological polar surface area (TPSA) is 104 Å². The third-order valence-electron chi connectivity index (χ3n) is 7.86. The summed E-state index contributed by atoms with van der Waals surface area (Å²) >= 11 is 0. The van der Waals surface area contributed by atoms with Crippen molar-refractivity contribution in [2.75, 3.05) is 47.2 Å². The normalized spacial score (nSPS) is 12.4. The van der Waals surface area contributed by atoms with Crippen LogP contribution in [0.25, 0.3) is 11.1 Å². The molecule has 0 saturated carbocycles. The Morgan fingerprint density at radius 2 is 1.48 bits per heavy atom. The van der Waals surface area contributed by atoms with Crippen molar-refractivity contribution in [2.24, 2.45) is 0 Å². The lowest BCUT2D eigenvalue weighted by Gasteiger charge is -2.23. The summed E-state index contributed by atoms with van der Waals surface area (Å²) in [6.45, 7) is 3.64. The van der Waals surface area contributed by atoms with Gasteiger partial charge in [0.1, 0.15) is 23.9 Å². The van der Waals surface area contributed by atoms with E-state index in [0.29, 0.717) is 37.0 Å². The van der Waals surface area contributed by atoms with E-state index in [4.69, 9.17) is 23.7 Å². The van der Waals surface area contributed by atoms with Gasteiger partial charge in [0, 0.05) is 30.7 Å². The average Bonchev–Trinajstić information content (AvgIpc) is 3.42. The van der Waals surface area contributed by atoms with Gasteiger partial charge in [-0.25, -0.2) is 4.79 Å². The maximum absolute atomic E-state index is 13.4. The van der Waals surface area contributed by atoms with Crippen molar-refractivity contribution in [1.29, 1.82) is 0 Å². The van der Waals surface area contributed by atoms with Crippen LogP contribution in [0.2, 0.25) is 0 Å². The number of fused-ring (bicyclic) bond motifs is 3. The fourth-order valence-corrected chi connectivity index (χ4v) is 5.62. The van der Waals surface area contributed by atoms with Crippen LogP contribution >= 0.6 is 0 Å². The molecule has 1 unspecified atom stereocenters. The average molecular weight is 625 g/mol. The molecule has 0 radical (unpaired) electrons. The van der Waals surface area contributed by atoms with Gasteiger partial charge in [0.2, 0.25) is 0 Å². The van der Waals surface area contributed by atoms with Crippen molar-refractivity contribution in [3.05, 3.63) is 113 Å². The van der Waals surface area contributed by atoms with Crippen LogP contribution in [0.1, 0.15) is 47.6 Å². The van der Waals surface area contributed by atoms with Crippen LogP contribution in [0.15, 0.2) is 91.0 Å². The molecule has 9 heteroatoms. The number of hydrogen-bond acceptors (Lipinski definition) is 7. The molecular formula is C37H40N2O7. The first-order valence-corrected chi connectivity index (χ1v) is 15.4. The van der Waals surface area contributed by atoms with Gasteiger partial charge in [-0.1, -0.05) is 67.6 Å². The smallest absolute Gasteiger partial charge is 0.407 e. The van der Waals surface area contributed by atoms with Crippen LogP contribution in [-0.4, -0.2) is 59.2 Å². The molecule has 5 rings (SSSR count). The maximum atomic E-state index is 13.4. The summed E-state index contributed by atoms with van der Waals surface area (Å²) in [7, 11) is 3.15. The van der Waals surface area contributed by atoms with Crippen LogP contribution in [0.4, 0.5) is 4.79 Å². The molecule has 1 atom stereocenters. The molecule has 2 N–H and O–H groups in total. The molecule has 0 heterocycles. The van der Waals surface area contributed by atoms with E-state index in [-0.39, 0.29) is 25.0 Å². The number of carbonyl (C=O) groups excluding carboxylic acids is 2. The summed E-state index contributed by atoms with van der Waals surface area (Å²) in [4.78, 5) is 25.6. The summed E-state index contributed by atoms with van der Waals surface area (Å²) in [5.74, 6) is 1.39. The summed E-state index contributed by atoms with van der Waals surface area (Å²) < 4.78 is 28.0. The number of hydrogen-bond donors (Lipinski definition) is 2. The van der Waals surface area contributed by atoms with Crippen molar-refractivity contribution >= 4 is 12.0 Å². The zero-order valence-electron chi connectivity index (χ0n) is 26.4. The predicted molar refractivity (Wildman–Crippen MR) is 176 cm³/mol. The second kappa shape index (κ2) is 15.8. The summed E-state index contributed by atoms with van der Waals surface area (Å²) in [6, 6.07) is 28.4. The molecule has 2 amide bonds. The van der Waals surface area contributed by atoms with Gasteiger partial charge in [0.25, 0.3) is 5.91 Å². The Morgan fingerprint density at radius 1 is 0.804 bits per heavy atom. The van der Waals surface area contributed by atoms with Gasteiger partial charge in [-0.15, -0.1) is 0 Å². The Morgan fingerprint density at radius 3 is 2.13 bits per heavy atom. The molecule has 1 aliphatic rings. The lowest BCUT2D eigenvalue weighted by atomic mass is 9.97. The van der Waals surface area contributed by atoms with Crippen molar-refractivity contribution in [1.82, 2.24) is 10.6 Å². The number of ether oxygens (including phenoxy) is 5. The van der Waals surface area contributed by atoms with Gasteiger partial charge in [-0.2, -0.15) is 0 Å². The highest BCUT2D eigenvalue weighted by molar-refractivity contribution is 5.79. The molecular weight excluding hydrogens is 584 g/mol. The number of benzene rings is 4. The van der Waals surface area contributed by atoms with Gasteiger partial charge in [-0.05, 0) is 58.5 Å². The Balaban J connectivity index is 1.29. The maximum Gasteiger partial charge on any atom is 0.407 e. The van der Waals surface area contributed by atoms with E-state index in [9.17, 15) is 9.59 Å². The molecule has 240 valence electrons. The minimum absolute atomic E-state index is 0.0652. The molecule has 0 fully saturated rings. The number of amides is 2. The first-order chi connectivity index (χ1) is 22.5. The molecule has 0 bridgehead atoms. The zero-order valence-corrected chi connectivity index (χ0v) is 26.4. The molecule has 0 saturated heterocycles. The highest BCUT2D eigenvalue weighted by Gasteiger charge is 2.30. The molecule has 0 aliphatic heterocycles. The lowest BCUT2D eigenvalue weighted by Crippen LogP contribution is -2.32. The molecule has 0 aromatic heterocycles. The van der Waals surface area contributed by atoms with Gasteiger partial charge in [-0.3, -0.25) is 4.79 Å². The first-order valence-electron chi connectivity index (χ1n) is 15.4. The Kier molecular flexibility index (Phi) is 11.1. The van der Waals surface area contributed by atoms with Crippen molar-refractivity contribution in [3.8, 4) is 28.4 Å². The van der Waals surface area contributed by atoms with Crippen LogP contribution in [-0.2, 0) is 14.3 Å². The largest absolute Gasteiger partial charge is 0.497 e. The number of carbonyl (C=O) groups is 2. The Labute approximate surface area is 269 Å². The van der Waals surface area contributed by atoms with Crippen LogP contribution in [0.3, 0.4) is 0 Å². The van der Waals surface area contributed by atoms with E-state index < -0.39 is 12.1 Å². The number of rotatable bonds is 15. The third kappa shape index (κ3) is 7.79. The van der Waals surface area contributed by atoms with Crippen molar-refractivity contribution < 1.29 is 33.3 Å². The van der Waals surface area contributed by atoms with E-state index in [1.165, 1.54) is 0 Å². The fraction of sp³-hybridized carbons (Fsp3) is 0.297. The summed E-state index contributed by atoms with van der Waals surface area (Å²) in [5, 5.41) is 5.82. The van der Waals surface area contributed by atoms with Gasteiger partial charge in [0.15, 0.2) is 6.61 Å². The monoisotopic (exact) mass is 624 g/mol. The molecule has 0 spiro atoms. The fourth-order valence-electron chi connectivity index (χ4n) is 5.62. The third-order valence-corrected chi connectivity index (χ3v) is 7.86. The lowest BCUT2D eigenvalue weighted by molar-refractivity contribution is -0.123. The molecule has 46 heavy (non-hydrogen) atoms. The van der Waals surface area contributed by atoms with Gasteiger partial charge < -0.3 is 34.3 Å². The van der Waals surface area contributed by atoms with Crippen LogP contribution in [0, 0.1) is 0 Å². The SMILES string of the molecule is CCCOCCNC(=O)COc1ccc(C(NC(=O)OCC2c3ccccc3-c3ccccc32)c2ccc(OC)cc2OC)cc1. The standard InChI is InChI=1S/C37H40N2O7/c1-4-20-44-21-19-38-35(40)24-45-26-15-13-25(14-16-26)36(32-18-17-27(42-2)22-34(32)43-3)39-37(41)46-23-33-30-11-7-5-9-28(30)29-10-6-8-12-31(29)33/h5-18,22,33,36H,4,19-21,23-24H2,1-3H3,(H,38,40)(H,39,41). The number of methoxy groups -OCH3 is 2. The van der Waals surface area contributed by atoms with Gasteiger partial charge in [0.05, 0.1) is 26.9 Å². The minimum atomic E-state index is -0.614. The van der Waals surface area contributed by atoms with Crippen LogP contribution in [0.5, 0.6) is 17.2 Å². The second-order valence-electron chi connectivity index (χ2n) is 10.8. The van der Waals surface area contributed by atoms with E-state index in [1.807, 2.05) is 55.5 Å². The molecule has 1 aliphatic carbocycles. The Bertz CT molecular complexity index is 1580. The number of alkyl carbamates (subject to hydrolysis) is 1. The van der Waals surface area contributed by atoms with E-state index in [1.54, 1.807) is 32.4 Å². The molecule has 9 nitrogen and oxygen atoms in total. The highest BCUT2D eigenvalue weighted by Crippen LogP contribution is 2.44. The van der Waals surface area contributed by atoms with Crippen molar-refractivity contribution in [2.45, 2.75) is 25.3 Å². The zero-order chi connectivity index (χ0) is 32.3. The molecule has 4 aromatic carbocycles. The van der Waals surface area contributed by atoms with Crippen molar-refractivity contribution in [3.63, 3.8) is 0 Å². The van der Waals surface area contributed by atoms with E-state index in [0.717, 1.165) is 39.8 Å². The van der Waals surface area contributed by atoms with Gasteiger partial charge >= 0.3 is 6.09 Å². The quantitative estimate of drug-likeness (QED) is 0.151. The predicted octanol–water partition coefficient (Wildman–Crippen LogP) is 6.25. The first kappa shape index (κ1) is 32.4. The number of nitrogens with one attached hydrogen (secondary N) is 2. The van der Waals surface area contributed by atoms with E-state index >= 15 is 0 Å². The van der Waals surface area contributed by atoms with Crippen LogP contribution < -0.4 is 24.8 Å². The second-order valence-corrected chi connectivity index (χ2v) is 10.8. The summed E-state index contributed by atoms with van der Waals surface area (Å²) in [5.41, 5.74) is 6.08. The van der Waals surface area contributed by atoms with E-state index in [2.05, 4.69) is 34.9 Å². The summed E-state index contributed by atoms with van der Waals surface area (Å²) in [6.07, 6.45) is 0.366.